The van der Waals surface area contributed by atoms with E-state index >= 15 is 0 Å². The number of halogens is 2. The number of hydrogen-bond donors (Lipinski definition) is 1. The summed E-state index contributed by atoms with van der Waals surface area (Å²) < 4.78 is 13.0. The summed E-state index contributed by atoms with van der Waals surface area (Å²) in [5, 5.41) is -0.290. The lowest BCUT2D eigenvalue weighted by atomic mass is 10.0. The molecule has 1 nitrogen and oxygen atoms in total. The average molecular weight is 238 g/mol. The van der Waals surface area contributed by atoms with Gasteiger partial charge < -0.3 is 6.15 Å². The molecule has 0 aliphatic heterocycles. The molecule has 0 aliphatic rings. The van der Waals surface area contributed by atoms with Gasteiger partial charge in [0.15, 0.2) is 0 Å². The van der Waals surface area contributed by atoms with Gasteiger partial charge in [0.05, 0.1) is 5.38 Å². The zero-order valence-electron chi connectivity index (χ0n) is 8.74. The largest absolute Gasteiger partial charge is 0.344 e. The molecule has 1 atom stereocenters. The maximum absolute atomic E-state index is 13.0. The highest BCUT2D eigenvalue weighted by molar-refractivity contribution is 6.22. The minimum Gasteiger partial charge on any atom is -0.344 e. The van der Waals surface area contributed by atoms with Gasteiger partial charge in [0.2, 0.25) is 0 Å². The lowest BCUT2D eigenvalue weighted by molar-refractivity contribution is 0.626. The van der Waals surface area contributed by atoms with Gasteiger partial charge in [-0.25, -0.2) is 4.39 Å². The molecule has 2 rings (SSSR count). The molecule has 0 fully saturated rings. The highest BCUT2D eigenvalue weighted by Gasteiger charge is 2.10. The predicted octanol–water partition coefficient (Wildman–Crippen LogP) is 4.32. The van der Waals surface area contributed by atoms with E-state index in [9.17, 15) is 4.39 Å². The van der Waals surface area contributed by atoms with E-state index in [1.807, 2.05) is 36.4 Å². The molecule has 2 aromatic carbocycles. The van der Waals surface area contributed by atoms with Gasteiger partial charge in [-0.05, 0) is 23.3 Å². The Kier molecular flexibility index (Phi) is 4.47. The topological polar surface area (TPSA) is 35.0 Å². The highest BCUT2D eigenvalue weighted by atomic mass is 35.5. The normalized spacial score (nSPS) is 11.6. The molecule has 1 unspecified atom stereocenters. The molecule has 2 aromatic rings. The van der Waals surface area contributed by atoms with E-state index in [1.165, 1.54) is 12.1 Å². The second-order valence-corrected chi connectivity index (χ2v) is 3.76. The second-order valence-electron chi connectivity index (χ2n) is 3.33. The van der Waals surface area contributed by atoms with E-state index in [4.69, 9.17) is 11.6 Å². The molecule has 3 N–H and O–H groups in total. The van der Waals surface area contributed by atoms with Crippen molar-refractivity contribution >= 4 is 11.6 Å². The quantitative estimate of drug-likeness (QED) is 0.776. The Morgan fingerprint density at radius 3 is 2.12 bits per heavy atom. The van der Waals surface area contributed by atoms with E-state index in [1.54, 1.807) is 6.07 Å². The number of rotatable bonds is 2. The summed E-state index contributed by atoms with van der Waals surface area (Å²) in [7, 11) is 0. The molecule has 0 bridgehead atoms. The van der Waals surface area contributed by atoms with Crippen LogP contribution in [-0.4, -0.2) is 0 Å². The minimum absolute atomic E-state index is 0. The summed E-state index contributed by atoms with van der Waals surface area (Å²) in [6.45, 7) is 0. The van der Waals surface area contributed by atoms with Crippen LogP contribution in [0.25, 0.3) is 0 Å². The van der Waals surface area contributed by atoms with Crippen molar-refractivity contribution in [2.24, 2.45) is 0 Å². The Morgan fingerprint density at radius 1 is 0.875 bits per heavy atom. The van der Waals surface area contributed by atoms with Crippen molar-refractivity contribution in [3.8, 4) is 0 Å². The Labute approximate surface area is 99.5 Å². The second kappa shape index (κ2) is 5.64. The van der Waals surface area contributed by atoms with Gasteiger partial charge in [0.25, 0.3) is 0 Å². The van der Waals surface area contributed by atoms with Crippen LogP contribution in [0.5, 0.6) is 0 Å². The fourth-order valence-electron chi connectivity index (χ4n) is 1.48. The highest BCUT2D eigenvalue weighted by Crippen LogP contribution is 2.28. The molecule has 84 valence electrons. The SMILES string of the molecule is Fc1cccc(C(Cl)c2ccccc2)c1.N. The third-order valence-corrected chi connectivity index (χ3v) is 2.74. The minimum atomic E-state index is -0.290. The third kappa shape index (κ3) is 2.81. The van der Waals surface area contributed by atoms with E-state index in [2.05, 4.69) is 0 Å². The van der Waals surface area contributed by atoms with Gasteiger partial charge in [-0.15, -0.1) is 11.6 Å². The van der Waals surface area contributed by atoms with Gasteiger partial charge in [-0.3, -0.25) is 0 Å². The summed E-state index contributed by atoms with van der Waals surface area (Å²) in [4.78, 5) is 0. The molecule has 0 amide bonds. The maximum Gasteiger partial charge on any atom is 0.123 e. The van der Waals surface area contributed by atoms with Crippen LogP contribution >= 0.6 is 11.6 Å². The van der Waals surface area contributed by atoms with Crippen LogP contribution in [0.3, 0.4) is 0 Å². The monoisotopic (exact) mass is 237 g/mol. The van der Waals surface area contributed by atoms with Crippen LogP contribution in [-0.2, 0) is 0 Å². The third-order valence-electron chi connectivity index (χ3n) is 2.23. The van der Waals surface area contributed by atoms with Crippen LogP contribution in [0.1, 0.15) is 16.5 Å². The van der Waals surface area contributed by atoms with Gasteiger partial charge in [-0.1, -0.05) is 42.5 Å². The van der Waals surface area contributed by atoms with Crippen molar-refractivity contribution in [1.82, 2.24) is 6.15 Å². The molecule has 0 radical (unpaired) electrons. The molecule has 0 spiro atoms. The molecular formula is C13H13ClFN. The zero-order valence-corrected chi connectivity index (χ0v) is 9.49. The van der Waals surface area contributed by atoms with Crippen LogP contribution in [0, 0.1) is 5.82 Å². The molecule has 3 heteroatoms. The summed E-state index contributed by atoms with van der Waals surface area (Å²) >= 11 is 6.24. The van der Waals surface area contributed by atoms with Crippen molar-refractivity contribution < 1.29 is 4.39 Å². The summed E-state index contributed by atoms with van der Waals surface area (Å²) in [6.07, 6.45) is 0. The van der Waals surface area contributed by atoms with Gasteiger partial charge in [0.1, 0.15) is 5.82 Å². The molecule has 0 heterocycles. The van der Waals surface area contributed by atoms with Gasteiger partial charge in [0, 0.05) is 0 Å². The Morgan fingerprint density at radius 2 is 1.50 bits per heavy atom. The van der Waals surface area contributed by atoms with Crippen LogP contribution in [0.4, 0.5) is 4.39 Å². The lowest BCUT2D eigenvalue weighted by Crippen LogP contribution is -1.93. The Bertz CT molecular complexity index is 445. The maximum atomic E-state index is 13.0. The Hall–Kier alpha value is -1.38. The fraction of sp³-hybridized carbons (Fsp3) is 0.0769. The molecule has 16 heavy (non-hydrogen) atoms. The number of benzene rings is 2. The smallest absolute Gasteiger partial charge is 0.123 e. The molecule has 0 saturated heterocycles. The van der Waals surface area contributed by atoms with Crippen molar-refractivity contribution in [3.05, 3.63) is 71.5 Å². The van der Waals surface area contributed by atoms with Crippen LogP contribution in [0.15, 0.2) is 54.6 Å². The van der Waals surface area contributed by atoms with Gasteiger partial charge >= 0.3 is 0 Å². The summed E-state index contributed by atoms with van der Waals surface area (Å²) in [5.74, 6) is -0.255. The number of alkyl halides is 1. The van der Waals surface area contributed by atoms with Crippen LogP contribution < -0.4 is 6.15 Å². The predicted molar refractivity (Wildman–Crippen MR) is 65.6 cm³/mol. The molecule has 0 aromatic heterocycles. The first-order chi connectivity index (χ1) is 7.27. The zero-order chi connectivity index (χ0) is 10.7. The van der Waals surface area contributed by atoms with Gasteiger partial charge in [-0.2, -0.15) is 0 Å². The van der Waals surface area contributed by atoms with E-state index in [0.29, 0.717) is 0 Å². The van der Waals surface area contributed by atoms with Crippen LogP contribution in [0.2, 0.25) is 0 Å². The van der Waals surface area contributed by atoms with E-state index < -0.39 is 0 Å². The van der Waals surface area contributed by atoms with Crippen molar-refractivity contribution in [2.45, 2.75) is 5.38 Å². The van der Waals surface area contributed by atoms with E-state index in [-0.39, 0.29) is 17.3 Å². The first-order valence-corrected chi connectivity index (χ1v) is 5.15. The average Bonchev–Trinajstić information content (AvgIpc) is 2.29. The summed E-state index contributed by atoms with van der Waals surface area (Å²) in [6, 6.07) is 16.0. The first kappa shape index (κ1) is 12.7. The fourth-order valence-corrected chi connectivity index (χ4v) is 1.76. The lowest BCUT2D eigenvalue weighted by Gasteiger charge is -2.09. The number of hydrogen-bond acceptors (Lipinski definition) is 1. The van der Waals surface area contributed by atoms with Crippen molar-refractivity contribution in [2.75, 3.05) is 0 Å². The first-order valence-electron chi connectivity index (χ1n) is 4.72. The standard InChI is InChI=1S/C13H10ClF.H3N/c14-13(10-5-2-1-3-6-10)11-7-4-8-12(15)9-11;/h1-9,13H;1H3. The van der Waals surface area contributed by atoms with Crippen molar-refractivity contribution in [3.63, 3.8) is 0 Å². The molecular weight excluding hydrogens is 225 g/mol. The van der Waals surface area contributed by atoms with E-state index in [0.717, 1.165) is 11.1 Å². The molecule has 0 saturated carbocycles. The molecule has 0 aliphatic carbocycles. The summed E-state index contributed by atoms with van der Waals surface area (Å²) in [5.41, 5.74) is 1.76. The van der Waals surface area contributed by atoms with Crippen molar-refractivity contribution in [1.29, 1.82) is 0 Å². The Balaban J connectivity index is 0.00000128.